The molecule has 0 unspecified atom stereocenters. The summed E-state index contributed by atoms with van der Waals surface area (Å²) in [4.78, 5) is 12.4. The number of carbonyl (C=O) groups is 1. The topological polar surface area (TPSA) is 57.5 Å². The molecule has 5 atom stereocenters. The highest BCUT2D eigenvalue weighted by atomic mass is 16.3. The van der Waals surface area contributed by atoms with Crippen LogP contribution in [0.2, 0.25) is 0 Å². The maximum Gasteiger partial charge on any atom is 0.138 e. The smallest absolute Gasteiger partial charge is 0.138 e. The molecule has 23 heavy (non-hydrogen) atoms. The fraction of sp³-hybridized carbons (Fsp3) is 0.850. The van der Waals surface area contributed by atoms with Crippen molar-refractivity contribution in [1.82, 2.24) is 0 Å². The Kier molecular flexibility index (Phi) is 4.04. The van der Waals surface area contributed by atoms with Gasteiger partial charge in [0.1, 0.15) is 5.78 Å². The van der Waals surface area contributed by atoms with Gasteiger partial charge in [0.15, 0.2) is 0 Å². The predicted octanol–water partition coefficient (Wildman–Crippen LogP) is 3.49. The van der Waals surface area contributed by atoms with Gasteiger partial charge in [0.05, 0.1) is 12.7 Å². The number of aliphatic hydroxyl groups excluding tert-OH is 2. The Bertz CT molecular complexity index is 535. The lowest BCUT2D eigenvalue weighted by Gasteiger charge is -2.58. The maximum absolute atomic E-state index is 12.4. The summed E-state index contributed by atoms with van der Waals surface area (Å²) in [6, 6.07) is 0. The van der Waals surface area contributed by atoms with Crippen molar-refractivity contribution in [2.75, 3.05) is 6.61 Å². The third-order valence-corrected chi connectivity index (χ3v) is 7.61. The number of allylic oxidation sites excluding steroid dienone is 2. The van der Waals surface area contributed by atoms with Crippen LogP contribution >= 0.6 is 0 Å². The first-order chi connectivity index (χ1) is 10.6. The van der Waals surface area contributed by atoms with Gasteiger partial charge >= 0.3 is 0 Å². The highest BCUT2D eigenvalue weighted by Gasteiger charge is 2.56. The third kappa shape index (κ3) is 2.42. The first kappa shape index (κ1) is 17.2. The van der Waals surface area contributed by atoms with E-state index < -0.39 is 6.10 Å². The minimum Gasteiger partial charge on any atom is -0.394 e. The van der Waals surface area contributed by atoms with Crippen LogP contribution in [0.5, 0.6) is 0 Å². The van der Waals surface area contributed by atoms with Gasteiger partial charge in [0.25, 0.3) is 0 Å². The largest absolute Gasteiger partial charge is 0.394 e. The van der Waals surface area contributed by atoms with E-state index in [1.807, 2.05) is 0 Å². The monoisotopic (exact) mass is 320 g/mol. The second-order valence-corrected chi connectivity index (χ2v) is 9.31. The van der Waals surface area contributed by atoms with E-state index in [-0.39, 0.29) is 22.9 Å². The molecule has 0 bridgehead atoms. The molecule has 0 aromatic rings. The molecule has 3 heteroatoms. The van der Waals surface area contributed by atoms with Crippen molar-refractivity contribution in [3.05, 3.63) is 11.6 Å². The van der Waals surface area contributed by atoms with Gasteiger partial charge in [-0.05, 0) is 54.8 Å². The average molecular weight is 320 g/mol. The Morgan fingerprint density at radius 1 is 1.26 bits per heavy atom. The number of hydrogen-bond acceptors (Lipinski definition) is 3. The molecule has 3 nitrogen and oxygen atoms in total. The molecule has 0 aromatic heterocycles. The van der Waals surface area contributed by atoms with Crippen molar-refractivity contribution in [3.8, 4) is 0 Å². The molecule has 3 aliphatic carbocycles. The molecule has 0 radical (unpaired) electrons. The van der Waals surface area contributed by atoms with Crippen molar-refractivity contribution in [3.63, 3.8) is 0 Å². The van der Waals surface area contributed by atoms with Crippen LogP contribution in [0.15, 0.2) is 11.6 Å². The summed E-state index contributed by atoms with van der Waals surface area (Å²) >= 11 is 0. The van der Waals surface area contributed by atoms with E-state index in [4.69, 9.17) is 0 Å². The van der Waals surface area contributed by atoms with Crippen molar-refractivity contribution in [1.29, 1.82) is 0 Å². The van der Waals surface area contributed by atoms with Crippen LogP contribution in [-0.4, -0.2) is 28.7 Å². The zero-order chi connectivity index (χ0) is 17.0. The molecular formula is C20H32O3. The Hall–Kier alpha value is -0.670. The summed E-state index contributed by atoms with van der Waals surface area (Å²) in [6.07, 6.45) is 7.37. The molecule has 0 aromatic carbocycles. The van der Waals surface area contributed by atoms with Crippen LogP contribution in [0, 0.1) is 28.1 Å². The number of rotatable bonds is 2. The van der Waals surface area contributed by atoms with Gasteiger partial charge in [-0.15, -0.1) is 0 Å². The number of fused-ring (bicyclic) bond motifs is 3. The predicted molar refractivity (Wildman–Crippen MR) is 90.9 cm³/mol. The second-order valence-electron chi connectivity index (χ2n) is 9.31. The van der Waals surface area contributed by atoms with Gasteiger partial charge in [-0.25, -0.2) is 0 Å². The van der Waals surface area contributed by atoms with E-state index in [2.05, 4.69) is 33.8 Å². The molecular weight excluding hydrogens is 288 g/mol. The molecule has 130 valence electrons. The Morgan fingerprint density at radius 2 is 1.96 bits per heavy atom. The third-order valence-electron chi connectivity index (χ3n) is 7.61. The quantitative estimate of drug-likeness (QED) is 0.766. The summed E-state index contributed by atoms with van der Waals surface area (Å²) in [7, 11) is 0. The number of Topliss-reactive ketones (excluding diaryl/α,β-unsaturated/α-hetero) is 1. The van der Waals surface area contributed by atoms with Gasteiger partial charge in [0, 0.05) is 11.8 Å². The molecule has 2 saturated carbocycles. The summed E-state index contributed by atoms with van der Waals surface area (Å²) in [6.45, 7) is 8.59. The number of hydrogen-bond donors (Lipinski definition) is 2. The average Bonchev–Trinajstić information content (AvgIpc) is 2.50. The van der Waals surface area contributed by atoms with Gasteiger partial charge < -0.3 is 10.2 Å². The highest BCUT2D eigenvalue weighted by molar-refractivity contribution is 5.85. The number of aliphatic hydroxyl groups is 2. The normalized spacial score (nSPS) is 44.1. The lowest BCUT2D eigenvalue weighted by Crippen LogP contribution is -2.53. The lowest BCUT2D eigenvalue weighted by molar-refractivity contribution is -0.141. The summed E-state index contributed by atoms with van der Waals surface area (Å²) in [5.74, 6) is 1.36. The van der Waals surface area contributed by atoms with Gasteiger partial charge in [-0.2, -0.15) is 0 Å². The van der Waals surface area contributed by atoms with E-state index in [0.29, 0.717) is 24.0 Å². The van der Waals surface area contributed by atoms with E-state index in [1.165, 1.54) is 5.57 Å². The van der Waals surface area contributed by atoms with E-state index in [9.17, 15) is 15.0 Å². The first-order valence-electron chi connectivity index (χ1n) is 9.18. The lowest BCUT2D eigenvalue weighted by atomic mass is 9.46. The Balaban J connectivity index is 1.94. The highest BCUT2D eigenvalue weighted by Crippen LogP contribution is 2.62. The molecule has 0 amide bonds. The molecule has 0 spiro atoms. The molecule has 2 fully saturated rings. The Labute approximate surface area is 140 Å². The van der Waals surface area contributed by atoms with Crippen LogP contribution in [0.4, 0.5) is 0 Å². The fourth-order valence-corrected chi connectivity index (χ4v) is 5.97. The minimum atomic E-state index is -0.643. The molecule has 3 aliphatic rings. The van der Waals surface area contributed by atoms with Crippen LogP contribution in [0.3, 0.4) is 0 Å². The van der Waals surface area contributed by atoms with Crippen molar-refractivity contribution in [2.24, 2.45) is 28.1 Å². The van der Waals surface area contributed by atoms with Crippen molar-refractivity contribution in [2.45, 2.75) is 72.3 Å². The standard InChI is InChI=1S/C20H32O3/c1-18(2)15-6-5-13-11-19(3,17(23)12-21)9-7-14(13)20(15,4)10-8-16(18)22/h7,13,15,17,21,23H,5-6,8-12H2,1-4H3/t13-,15-,17-,19-,20+/m0/s1. The second kappa shape index (κ2) is 5.42. The molecule has 0 heterocycles. The zero-order valence-corrected chi connectivity index (χ0v) is 15.1. The first-order valence-corrected chi connectivity index (χ1v) is 9.18. The SMILES string of the molecule is CC1(C)C(=O)CC[C@]2(C)C3=CC[C@](C)([C@@H](O)CO)C[C@@H]3CC[C@@H]12. The van der Waals surface area contributed by atoms with Crippen LogP contribution in [0.25, 0.3) is 0 Å². The van der Waals surface area contributed by atoms with Crippen molar-refractivity contribution < 1.29 is 15.0 Å². The van der Waals surface area contributed by atoms with E-state index in [1.54, 1.807) is 0 Å². The van der Waals surface area contributed by atoms with Gasteiger partial charge in [-0.3, -0.25) is 4.79 Å². The number of ketones is 1. The summed E-state index contributed by atoms with van der Waals surface area (Å²) < 4.78 is 0. The van der Waals surface area contributed by atoms with Crippen LogP contribution < -0.4 is 0 Å². The Morgan fingerprint density at radius 3 is 2.61 bits per heavy atom. The van der Waals surface area contributed by atoms with E-state index in [0.717, 1.165) is 32.1 Å². The van der Waals surface area contributed by atoms with Crippen LogP contribution in [0.1, 0.15) is 66.2 Å². The molecule has 3 rings (SSSR count). The maximum atomic E-state index is 12.4. The number of carbonyl (C=O) groups excluding carboxylic acids is 1. The van der Waals surface area contributed by atoms with Crippen LogP contribution in [-0.2, 0) is 4.79 Å². The fourth-order valence-electron chi connectivity index (χ4n) is 5.97. The van der Waals surface area contributed by atoms with Crippen molar-refractivity contribution >= 4 is 5.78 Å². The minimum absolute atomic E-state index is 0.131. The zero-order valence-electron chi connectivity index (χ0n) is 15.1. The van der Waals surface area contributed by atoms with Gasteiger partial charge in [-0.1, -0.05) is 39.3 Å². The summed E-state index contributed by atoms with van der Waals surface area (Å²) in [5.41, 5.74) is 1.24. The van der Waals surface area contributed by atoms with E-state index >= 15 is 0 Å². The molecule has 2 N–H and O–H groups in total. The van der Waals surface area contributed by atoms with Gasteiger partial charge in [0.2, 0.25) is 0 Å². The molecule has 0 aliphatic heterocycles. The summed E-state index contributed by atoms with van der Waals surface area (Å²) in [5, 5.41) is 19.6. The molecule has 0 saturated heterocycles.